The third-order valence-corrected chi connectivity index (χ3v) is 5.07. The number of carboxylic acids is 1. The molecule has 0 bridgehead atoms. The predicted octanol–water partition coefficient (Wildman–Crippen LogP) is 3.22. The van der Waals surface area contributed by atoms with Gasteiger partial charge in [-0.1, -0.05) is 13.8 Å². The molecule has 3 rings (SSSR count). The van der Waals surface area contributed by atoms with Crippen LogP contribution in [0.5, 0.6) is 0 Å². The summed E-state index contributed by atoms with van der Waals surface area (Å²) in [5, 5.41) is 12.9. The van der Waals surface area contributed by atoms with Crippen LogP contribution < -0.4 is 5.32 Å². The highest BCUT2D eigenvalue weighted by molar-refractivity contribution is 7.18. The summed E-state index contributed by atoms with van der Waals surface area (Å²) in [6.45, 7) is 4.17. The van der Waals surface area contributed by atoms with E-state index in [0.29, 0.717) is 24.4 Å². The van der Waals surface area contributed by atoms with E-state index in [0.717, 1.165) is 15.2 Å². The molecule has 2 aromatic rings. The van der Waals surface area contributed by atoms with Gasteiger partial charge >= 0.3 is 5.97 Å². The smallest absolute Gasteiger partial charge is 0.319 e. The monoisotopic (exact) mass is 304 g/mol. The number of amides is 1. The number of thiazole rings is 1. The summed E-state index contributed by atoms with van der Waals surface area (Å²) in [7, 11) is 0. The number of aromatic nitrogens is 1. The van der Waals surface area contributed by atoms with Gasteiger partial charge in [0.15, 0.2) is 0 Å². The second-order valence-corrected chi connectivity index (χ2v) is 6.79. The Morgan fingerprint density at radius 2 is 2.10 bits per heavy atom. The maximum Gasteiger partial charge on any atom is 0.319 e. The van der Waals surface area contributed by atoms with Gasteiger partial charge in [-0.3, -0.25) is 9.59 Å². The lowest BCUT2D eigenvalue weighted by Gasteiger charge is -2.10. The number of aliphatic carboxylic acids is 1. The number of hydrogen-bond donors (Lipinski definition) is 2. The minimum Gasteiger partial charge on any atom is -0.480 e. The fourth-order valence-corrected chi connectivity index (χ4v) is 3.19. The highest BCUT2D eigenvalue weighted by atomic mass is 32.1. The quantitative estimate of drug-likeness (QED) is 0.850. The van der Waals surface area contributed by atoms with E-state index in [1.54, 1.807) is 17.4 Å². The molecule has 0 aliphatic heterocycles. The number of carboxylic acid groups (broad SMARTS) is 1. The highest BCUT2D eigenvalue weighted by Gasteiger charge is 2.57. The molecule has 5 nitrogen and oxygen atoms in total. The van der Waals surface area contributed by atoms with E-state index >= 15 is 0 Å². The van der Waals surface area contributed by atoms with Crippen molar-refractivity contribution in [3.8, 4) is 0 Å². The molecule has 21 heavy (non-hydrogen) atoms. The van der Waals surface area contributed by atoms with Crippen molar-refractivity contribution >= 4 is 39.1 Å². The third kappa shape index (κ3) is 2.40. The topological polar surface area (TPSA) is 79.3 Å². The number of rotatable bonds is 4. The molecule has 0 radical (unpaired) electrons. The summed E-state index contributed by atoms with van der Waals surface area (Å²) in [6, 6.07) is 5.48. The molecule has 0 spiro atoms. The van der Waals surface area contributed by atoms with E-state index in [4.69, 9.17) is 5.11 Å². The van der Waals surface area contributed by atoms with Gasteiger partial charge in [0.2, 0.25) is 5.91 Å². The van der Waals surface area contributed by atoms with Gasteiger partial charge in [0.05, 0.1) is 15.2 Å². The Labute approximate surface area is 126 Å². The van der Waals surface area contributed by atoms with Crippen molar-refractivity contribution in [3.63, 3.8) is 0 Å². The van der Waals surface area contributed by atoms with E-state index in [2.05, 4.69) is 24.1 Å². The second-order valence-electron chi connectivity index (χ2n) is 5.73. The number of fused-ring (bicyclic) bond motifs is 1. The lowest BCUT2D eigenvalue weighted by Crippen LogP contribution is -2.31. The molecule has 0 atom stereocenters. The van der Waals surface area contributed by atoms with Crippen LogP contribution in [0.1, 0.15) is 37.6 Å². The average Bonchev–Trinajstić information content (AvgIpc) is 3.13. The van der Waals surface area contributed by atoms with E-state index in [9.17, 15) is 9.59 Å². The van der Waals surface area contributed by atoms with E-state index in [1.165, 1.54) is 0 Å². The van der Waals surface area contributed by atoms with Crippen LogP contribution in [0.2, 0.25) is 0 Å². The largest absolute Gasteiger partial charge is 0.480 e. The zero-order valence-electron chi connectivity index (χ0n) is 11.8. The third-order valence-electron chi connectivity index (χ3n) is 3.75. The van der Waals surface area contributed by atoms with Crippen LogP contribution in [0.15, 0.2) is 18.2 Å². The fraction of sp³-hybridized carbons (Fsp3) is 0.400. The zero-order valence-corrected chi connectivity index (χ0v) is 12.7. The summed E-state index contributed by atoms with van der Waals surface area (Å²) in [4.78, 5) is 27.8. The maximum atomic E-state index is 12.1. The minimum atomic E-state index is -1.22. The van der Waals surface area contributed by atoms with Gasteiger partial charge in [0.25, 0.3) is 0 Å². The predicted molar refractivity (Wildman–Crippen MR) is 81.6 cm³/mol. The fourth-order valence-electron chi connectivity index (χ4n) is 2.18. The zero-order chi connectivity index (χ0) is 15.2. The summed E-state index contributed by atoms with van der Waals surface area (Å²) in [5.41, 5.74) is 0.311. The van der Waals surface area contributed by atoms with Crippen LogP contribution in [0.4, 0.5) is 5.69 Å². The Bertz CT molecular complexity index is 732. The molecule has 1 aliphatic carbocycles. The van der Waals surface area contributed by atoms with Crippen molar-refractivity contribution in [2.45, 2.75) is 32.6 Å². The molecule has 1 fully saturated rings. The molecule has 6 heteroatoms. The molecule has 2 N–H and O–H groups in total. The molecular formula is C15H16N2O3S. The number of nitrogens with zero attached hydrogens (tertiary/aromatic N) is 1. The van der Waals surface area contributed by atoms with Crippen LogP contribution in [0.25, 0.3) is 10.2 Å². The van der Waals surface area contributed by atoms with Gasteiger partial charge in [0, 0.05) is 11.6 Å². The van der Waals surface area contributed by atoms with Crippen molar-refractivity contribution in [3.05, 3.63) is 23.2 Å². The highest BCUT2D eigenvalue weighted by Crippen LogP contribution is 2.46. The molecule has 1 saturated carbocycles. The number of carbonyl (C=O) groups excluding carboxylic acids is 1. The maximum absolute atomic E-state index is 12.1. The van der Waals surface area contributed by atoms with Gasteiger partial charge in [-0.15, -0.1) is 11.3 Å². The molecule has 1 heterocycles. The minimum absolute atomic E-state index is 0.363. The van der Waals surface area contributed by atoms with E-state index in [-0.39, 0.29) is 0 Å². The van der Waals surface area contributed by atoms with Crippen molar-refractivity contribution in [2.75, 3.05) is 5.32 Å². The van der Waals surface area contributed by atoms with Crippen molar-refractivity contribution in [1.29, 1.82) is 0 Å². The first kappa shape index (κ1) is 14.0. The van der Waals surface area contributed by atoms with Crippen LogP contribution in [-0.2, 0) is 9.59 Å². The normalized spacial score (nSPS) is 16.1. The van der Waals surface area contributed by atoms with Gasteiger partial charge < -0.3 is 10.4 Å². The lowest BCUT2D eigenvalue weighted by atomic mass is 10.1. The van der Waals surface area contributed by atoms with Crippen LogP contribution >= 0.6 is 11.3 Å². The summed E-state index contributed by atoms with van der Waals surface area (Å²) in [6.07, 6.45) is 0.822. The first-order valence-electron chi connectivity index (χ1n) is 6.88. The summed E-state index contributed by atoms with van der Waals surface area (Å²) in [5.74, 6) is -1.11. The number of anilines is 1. The molecular weight excluding hydrogens is 288 g/mol. The number of benzene rings is 1. The molecule has 1 amide bonds. The molecule has 1 aromatic carbocycles. The molecule has 110 valence electrons. The first-order chi connectivity index (χ1) is 9.92. The van der Waals surface area contributed by atoms with Gasteiger partial charge in [-0.25, -0.2) is 4.98 Å². The molecule has 0 saturated heterocycles. The van der Waals surface area contributed by atoms with Crippen molar-refractivity contribution in [1.82, 2.24) is 4.98 Å². The Morgan fingerprint density at radius 3 is 2.67 bits per heavy atom. The number of nitrogens with one attached hydrogen (secondary N) is 1. The van der Waals surface area contributed by atoms with Gasteiger partial charge in [0.1, 0.15) is 5.41 Å². The first-order valence-corrected chi connectivity index (χ1v) is 7.69. The standard InChI is InChI=1S/C15H16N2O3S/c1-8(2)12-17-10-4-3-9(7-11(10)21-12)16-13(18)15(5-6-15)14(19)20/h3-4,7-8H,5-6H2,1-2H3,(H,16,18)(H,19,20). The SMILES string of the molecule is CC(C)c1nc2ccc(NC(=O)C3(C(=O)O)CC3)cc2s1. The molecule has 1 aromatic heterocycles. The Kier molecular flexibility index (Phi) is 3.20. The van der Waals surface area contributed by atoms with Crippen LogP contribution in [0, 0.1) is 5.41 Å². The lowest BCUT2D eigenvalue weighted by molar-refractivity contribution is -0.147. The Hall–Kier alpha value is -1.95. The summed E-state index contributed by atoms with van der Waals surface area (Å²) < 4.78 is 0.997. The van der Waals surface area contributed by atoms with Crippen molar-refractivity contribution in [2.24, 2.45) is 5.41 Å². The van der Waals surface area contributed by atoms with E-state index in [1.807, 2.05) is 12.1 Å². The van der Waals surface area contributed by atoms with Crippen LogP contribution in [0.3, 0.4) is 0 Å². The van der Waals surface area contributed by atoms with Gasteiger partial charge in [-0.05, 0) is 31.0 Å². The Balaban J connectivity index is 1.85. The van der Waals surface area contributed by atoms with Crippen LogP contribution in [-0.4, -0.2) is 22.0 Å². The number of carbonyl (C=O) groups is 2. The number of hydrogen-bond acceptors (Lipinski definition) is 4. The van der Waals surface area contributed by atoms with Crippen molar-refractivity contribution < 1.29 is 14.7 Å². The second kappa shape index (κ2) is 4.80. The average molecular weight is 304 g/mol. The van der Waals surface area contributed by atoms with Gasteiger partial charge in [-0.2, -0.15) is 0 Å². The molecule has 1 aliphatic rings. The molecule has 0 unspecified atom stereocenters. The summed E-state index contributed by atoms with van der Waals surface area (Å²) >= 11 is 1.60. The van der Waals surface area contributed by atoms with E-state index < -0.39 is 17.3 Å². The Morgan fingerprint density at radius 1 is 1.38 bits per heavy atom.